The molecule has 1 atom stereocenters. The number of amides is 1. The van der Waals surface area contributed by atoms with Crippen LogP contribution in [0.3, 0.4) is 0 Å². The quantitative estimate of drug-likeness (QED) is 0.685. The van der Waals surface area contributed by atoms with Gasteiger partial charge in [0.15, 0.2) is 0 Å². The lowest BCUT2D eigenvalue weighted by atomic mass is 10.0. The van der Waals surface area contributed by atoms with E-state index in [1.165, 1.54) is 0 Å². The number of nitrogens with one attached hydrogen (secondary N) is 1. The van der Waals surface area contributed by atoms with Gasteiger partial charge in [0.25, 0.3) is 0 Å². The average Bonchev–Trinajstić information content (AvgIpc) is 2.74. The number of hydrogen-bond acceptors (Lipinski definition) is 5. The molecule has 28 heavy (non-hydrogen) atoms. The van der Waals surface area contributed by atoms with E-state index in [9.17, 15) is 4.79 Å². The summed E-state index contributed by atoms with van der Waals surface area (Å²) in [6.45, 7) is 3.71. The van der Waals surface area contributed by atoms with Gasteiger partial charge in [-0.2, -0.15) is 0 Å². The van der Waals surface area contributed by atoms with Crippen molar-refractivity contribution in [1.82, 2.24) is 10.2 Å². The molecule has 3 rings (SSSR count). The first-order valence-corrected chi connectivity index (χ1v) is 9.73. The highest BCUT2D eigenvalue weighted by molar-refractivity contribution is 5.76. The van der Waals surface area contributed by atoms with Crippen LogP contribution in [0.2, 0.25) is 0 Å². The fourth-order valence-electron chi connectivity index (χ4n) is 3.48. The third-order valence-electron chi connectivity index (χ3n) is 5.16. The molecule has 0 spiro atoms. The molecule has 6 heteroatoms. The van der Waals surface area contributed by atoms with Crippen LogP contribution in [0.4, 0.5) is 5.69 Å². The summed E-state index contributed by atoms with van der Waals surface area (Å²) in [4.78, 5) is 14.8. The zero-order valence-electron chi connectivity index (χ0n) is 16.4. The van der Waals surface area contributed by atoms with Gasteiger partial charge in [-0.15, -0.1) is 0 Å². The van der Waals surface area contributed by atoms with E-state index in [-0.39, 0.29) is 11.9 Å². The number of rotatable bonds is 8. The summed E-state index contributed by atoms with van der Waals surface area (Å²) in [6.07, 6.45) is 1.07. The Labute approximate surface area is 166 Å². The molecule has 1 saturated heterocycles. The summed E-state index contributed by atoms with van der Waals surface area (Å²) in [5, 5.41) is 3.10. The van der Waals surface area contributed by atoms with Crippen LogP contribution in [0.15, 0.2) is 48.5 Å². The van der Waals surface area contributed by atoms with Crippen molar-refractivity contribution in [2.75, 3.05) is 45.7 Å². The number of hydrogen-bond donors (Lipinski definition) is 2. The third kappa shape index (κ3) is 5.47. The smallest absolute Gasteiger partial charge is 0.220 e. The second-order valence-corrected chi connectivity index (χ2v) is 6.94. The first-order valence-electron chi connectivity index (χ1n) is 9.73. The van der Waals surface area contributed by atoms with Gasteiger partial charge in [0.2, 0.25) is 5.91 Å². The minimum absolute atomic E-state index is 0.0371. The van der Waals surface area contributed by atoms with E-state index in [0.29, 0.717) is 32.6 Å². The van der Waals surface area contributed by atoms with Crippen molar-refractivity contribution in [3.05, 3.63) is 59.7 Å². The molecule has 1 aliphatic heterocycles. The van der Waals surface area contributed by atoms with Gasteiger partial charge in [-0.1, -0.05) is 30.3 Å². The summed E-state index contributed by atoms with van der Waals surface area (Å²) in [6, 6.07) is 15.8. The molecule has 0 aliphatic carbocycles. The SMILES string of the molecule is COc1ccc(C(CNC(=O)CCc2ccccc2N)N2CCOCC2)cc1. The topological polar surface area (TPSA) is 76.8 Å². The number of nitrogens with zero attached hydrogens (tertiary/aromatic N) is 1. The highest BCUT2D eigenvalue weighted by Gasteiger charge is 2.23. The van der Waals surface area contributed by atoms with Crippen LogP contribution in [0.5, 0.6) is 5.75 Å². The number of morpholine rings is 1. The maximum absolute atomic E-state index is 12.4. The zero-order chi connectivity index (χ0) is 19.8. The van der Waals surface area contributed by atoms with E-state index in [0.717, 1.165) is 35.7 Å². The molecule has 0 aromatic heterocycles. The fraction of sp³-hybridized carbons (Fsp3) is 0.409. The van der Waals surface area contributed by atoms with Crippen molar-refractivity contribution in [3.8, 4) is 5.75 Å². The second-order valence-electron chi connectivity index (χ2n) is 6.94. The lowest BCUT2D eigenvalue weighted by Crippen LogP contribution is -2.43. The molecule has 1 aliphatic rings. The Hall–Kier alpha value is -2.57. The molecule has 1 heterocycles. The lowest BCUT2D eigenvalue weighted by molar-refractivity contribution is -0.121. The average molecular weight is 383 g/mol. The van der Waals surface area contributed by atoms with Gasteiger partial charge in [0.05, 0.1) is 26.4 Å². The maximum atomic E-state index is 12.4. The molecule has 2 aromatic carbocycles. The number of aryl methyl sites for hydroxylation is 1. The number of ether oxygens (including phenoxy) is 2. The summed E-state index contributed by atoms with van der Waals surface area (Å²) in [7, 11) is 1.66. The number of carbonyl (C=O) groups excluding carboxylic acids is 1. The maximum Gasteiger partial charge on any atom is 0.220 e. The fourth-order valence-corrected chi connectivity index (χ4v) is 3.48. The van der Waals surface area contributed by atoms with Crippen LogP contribution < -0.4 is 15.8 Å². The molecular weight excluding hydrogens is 354 g/mol. The molecule has 3 N–H and O–H groups in total. The van der Waals surface area contributed by atoms with E-state index >= 15 is 0 Å². The summed E-state index contributed by atoms with van der Waals surface area (Å²) >= 11 is 0. The van der Waals surface area contributed by atoms with Gasteiger partial charge in [-0.25, -0.2) is 0 Å². The molecule has 150 valence electrons. The largest absolute Gasteiger partial charge is 0.497 e. The van der Waals surface area contributed by atoms with Gasteiger partial charge in [-0.05, 0) is 35.7 Å². The number of carbonyl (C=O) groups is 1. The predicted molar refractivity (Wildman–Crippen MR) is 110 cm³/mol. The Kier molecular flexibility index (Phi) is 7.28. The van der Waals surface area contributed by atoms with E-state index < -0.39 is 0 Å². The highest BCUT2D eigenvalue weighted by Crippen LogP contribution is 2.23. The van der Waals surface area contributed by atoms with Crippen molar-refractivity contribution < 1.29 is 14.3 Å². The Morgan fingerprint density at radius 3 is 2.57 bits per heavy atom. The van der Waals surface area contributed by atoms with Crippen LogP contribution in [-0.2, 0) is 16.0 Å². The van der Waals surface area contributed by atoms with E-state index in [1.807, 2.05) is 36.4 Å². The first kappa shape index (κ1) is 20.2. The van der Waals surface area contributed by atoms with Crippen molar-refractivity contribution in [2.24, 2.45) is 0 Å². The molecule has 2 aromatic rings. The number of para-hydroxylation sites is 1. The van der Waals surface area contributed by atoms with Crippen LogP contribution in [-0.4, -0.2) is 50.8 Å². The molecule has 0 saturated carbocycles. The number of nitrogen functional groups attached to an aromatic ring is 1. The van der Waals surface area contributed by atoms with Crippen LogP contribution >= 0.6 is 0 Å². The normalized spacial score (nSPS) is 15.8. The van der Waals surface area contributed by atoms with Gasteiger partial charge in [0.1, 0.15) is 5.75 Å². The summed E-state index contributed by atoms with van der Waals surface area (Å²) in [5.74, 6) is 0.865. The number of nitrogens with two attached hydrogens (primary N) is 1. The van der Waals surface area contributed by atoms with Crippen LogP contribution in [0.25, 0.3) is 0 Å². The van der Waals surface area contributed by atoms with Crippen molar-refractivity contribution in [2.45, 2.75) is 18.9 Å². The van der Waals surface area contributed by atoms with E-state index in [1.54, 1.807) is 7.11 Å². The third-order valence-corrected chi connectivity index (χ3v) is 5.16. The van der Waals surface area contributed by atoms with E-state index in [4.69, 9.17) is 15.2 Å². The first-order chi connectivity index (χ1) is 13.7. The molecular formula is C22H29N3O3. The monoisotopic (exact) mass is 383 g/mol. The molecule has 0 radical (unpaired) electrons. The lowest BCUT2D eigenvalue weighted by Gasteiger charge is -2.35. The van der Waals surface area contributed by atoms with Crippen LogP contribution in [0.1, 0.15) is 23.6 Å². The second kappa shape index (κ2) is 10.1. The van der Waals surface area contributed by atoms with Gasteiger partial charge in [0, 0.05) is 31.7 Å². The number of benzene rings is 2. The zero-order valence-corrected chi connectivity index (χ0v) is 16.4. The number of methoxy groups -OCH3 is 1. The van der Waals surface area contributed by atoms with Crippen molar-refractivity contribution in [1.29, 1.82) is 0 Å². The molecule has 1 fully saturated rings. The summed E-state index contributed by atoms with van der Waals surface area (Å²) in [5.41, 5.74) is 8.88. The van der Waals surface area contributed by atoms with Gasteiger partial charge in [-0.3, -0.25) is 9.69 Å². The minimum Gasteiger partial charge on any atom is -0.497 e. The van der Waals surface area contributed by atoms with Crippen molar-refractivity contribution >= 4 is 11.6 Å². The molecule has 6 nitrogen and oxygen atoms in total. The Bertz CT molecular complexity index is 758. The minimum atomic E-state index is 0.0371. The molecule has 0 bridgehead atoms. The Balaban J connectivity index is 1.60. The van der Waals surface area contributed by atoms with Gasteiger partial charge >= 0.3 is 0 Å². The Morgan fingerprint density at radius 1 is 1.18 bits per heavy atom. The highest BCUT2D eigenvalue weighted by atomic mass is 16.5. The predicted octanol–water partition coefficient (Wildman–Crippen LogP) is 2.40. The van der Waals surface area contributed by atoms with Gasteiger partial charge < -0.3 is 20.5 Å². The van der Waals surface area contributed by atoms with E-state index in [2.05, 4.69) is 22.3 Å². The summed E-state index contributed by atoms with van der Waals surface area (Å²) < 4.78 is 10.7. The number of anilines is 1. The molecule has 1 amide bonds. The Morgan fingerprint density at radius 2 is 1.89 bits per heavy atom. The van der Waals surface area contributed by atoms with Crippen molar-refractivity contribution in [3.63, 3.8) is 0 Å². The van der Waals surface area contributed by atoms with Crippen LogP contribution in [0, 0.1) is 0 Å². The molecule has 1 unspecified atom stereocenters. The standard InChI is InChI=1S/C22H29N3O3/c1-27-19-9-6-18(7-10-19)21(25-12-14-28-15-13-25)16-24-22(26)11-8-17-4-2-3-5-20(17)23/h2-7,9-10,21H,8,11-16,23H2,1H3,(H,24,26).